The Balaban J connectivity index is 1.89. The van der Waals surface area contributed by atoms with Gasteiger partial charge in [-0.25, -0.2) is 4.98 Å². The first-order chi connectivity index (χ1) is 8.34. The number of imidazole rings is 1. The van der Waals surface area contributed by atoms with E-state index in [1.807, 2.05) is 24.3 Å². The van der Waals surface area contributed by atoms with E-state index in [-0.39, 0.29) is 5.25 Å². The van der Waals surface area contributed by atoms with E-state index < -0.39 is 10.8 Å². The second kappa shape index (κ2) is 4.58. The van der Waals surface area contributed by atoms with Crippen molar-refractivity contribution < 1.29 is 4.21 Å². The second-order valence-electron chi connectivity index (χ2n) is 4.32. The normalized spacial score (nSPS) is 22.7. The van der Waals surface area contributed by atoms with Crippen molar-refractivity contribution in [2.45, 2.75) is 23.2 Å². The van der Waals surface area contributed by atoms with Crippen molar-refractivity contribution in [3.05, 3.63) is 24.3 Å². The smallest absolute Gasteiger partial charge is 0.197 e. The molecule has 90 valence electrons. The number of benzene rings is 1. The molecule has 0 saturated carbocycles. The van der Waals surface area contributed by atoms with Crippen molar-refractivity contribution in [3.63, 3.8) is 0 Å². The number of aromatic amines is 1. The van der Waals surface area contributed by atoms with E-state index >= 15 is 0 Å². The van der Waals surface area contributed by atoms with Gasteiger partial charge in [-0.2, -0.15) is 0 Å². The Morgan fingerprint density at radius 3 is 3.00 bits per heavy atom. The first kappa shape index (κ1) is 10.9. The first-order valence-electron chi connectivity index (χ1n) is 5.90. The van der Waals surface area contributed by atoms with Crippen LogP contribution < -0.4 is 5.32 Å². The van der Waals surface area contributed by atoms with Crippen LogP contribution in [0.2, 0.25) is 0 Å². The van der Waals surface area contributed by atoms with Gasteiger partial charge in [-0.05, 0) is 31.5 Å². The molecule has 0 radical (unpaired) electrons. The Labute approximate surface area is 102 Å². The Kier molecular flexibility index (Phi) is 2.94. The predicted molar refractivity (Wildman–Crippen MR) is 68.4 cm³/mol. The van der Waals surface area contributed by atoms with Gasteiger partial charge in [-0.15, -0.1) is 0 Å². The van der Waals surface area contributed by atoms with Gasteiger partial charge in [0, 0.05) is 6.54 Å². The summed E-state index contributed by atoms with van der Waals surface area (Å²) in [5.41, 5.74) is 1.85. The van der Waals surface area contributed by atoms with Crippen LogP contribution >= 0.6 is 0 Å². The highest BCUT2D eigenvalue weighted by atomic mass is 32.2. The maximum Gasteiger partial charge on any atom is 0.197 e. The lowest BCUT2D eigenvalue weighted by atomic mass is 10.2. The largest absolute Gasteiger partial charge is 0.331 e. The van der Waals surface area contributed by atoms with Crippen LogP contribution in [0, 0.1) is 0 Å². The van der Waals surface area contributed by atoms with Gasteiger partial charge in [-0.3, -0.25) is 4.21 Å². The number of H-pyrrole nitrogens is 1. The number of nitrogens with zero attached hydrogens (tertiary/aromatic N) is 1. The van der Waals surface area contributed by atoms with Gasteiger partial charge in [-0.1, -0.05) is 12.1 Å². The summed E-state index contributed by atoms with van der Waals surface area (Å²) in [6.07, 6.45) is 2.10. The number of nitrogens with one attached hydrogen (secondary N) is 2. The van der Waals surface area contributed by atoms with Crippen molar-refractivity contribution in [2.75, 3.05) is 13.1 Å². The van der Waals surface area contributed by atoms with Gasteiger partial charge in [0.05, 0.1) is 27.1 Å². The van der Waals surface area contributed by atoms with Gasteiger partial charge in [0.15, 0.2) is 5.16 Å². The number of rotatable bonds is 2. The molecule has 0 aliphatic carbocycles. The average molecular weight is 249 g/mol. The number of piperidine rings is 1. The quantitative estimate of drug-likeness (QED) is 0.846. The zero-order valence-corrected chi connectivity index (χ0v) is 10.3. The average Bonchev–Trinajstić information content (AvgIpc) is 2.82. The van der Waals surface area contributed by atoms with Gasteiger partial charge in [0.1, 0.15) is 0 Å². The molecule has 2 heterocycles. The first-order valence-corrected chi connectivity index (χ1v) is 7.12. The summed E-state index contributed by atoms with van der Waals surface area (Å²) in [5.74, 6) is 0. The Bertz CT molecular complexity index is 512. The third kappa shape index (κ3) is 2.12. The molecule has 3 rings (SSSR count). The van der Waals surface area contributed by atoms with E-state index in [0.29, 0.717) is 5.16 Å². The highest BCUT2D eigenvalue weighted by Crippen LogP contribution is 2.18. The molecule has 0 unspecified atom stereocenters. The molecule has 1 aromatic heterocycles. The van der Waals surface area contributed by atoms with Gasteiger partial charge in [0.25, 0.3) is 0 Å². The topological polar surface area (TPSA) is 57.8 Å². The summed E-state index contributed by atoms with van der Waals surface area (Å²) in [6, 6.07) is 7.79. The zero-order chi connectivity index (χ0) is 11.7. The fourth-order valence-electron chi connectivity index (χ4n) is 2.19. The van der Waals surface area contributed by atoms with Crippen LogP contribution in [0.1, 0.15) is 12.8 Å². The van der Waals surface area contributed by atoms with E-state index in [0.717, 1.165) is 37.0 Å². The lowest BCUT2D eigenvalue weighted by molar-refractivity contribution is 0.518. The molecule has 0 spiro atoms. The van der Waals surface area contributed by atoms with E-state index in [2.05, 4.69) is 15.3 Å². The summed E-state index contributed by atoms with van der Waals surface area (Å²) < 4.78 is 12.3. The molecule has 1 fully saturated rings. The molecule has 0 amide bonds. The zero-order valence-electron chi connectivity index (χ0n) is 9.48. The summed E-state index contributed by atoms with van der Waals surface area (Å²) in [5, 5.41) is 4.08. The van der Waals surface area contributed by atoms with Crippen LogP contribution in [0.25, 0.3) is 11.0 Å². The molecule has 1 saturated heterocycles. The second-order valence-corrected chi connectivity index (χ2v) is 5.97. The maximum absolute atomic E-state index is 12.3. The summed E-state index contributed by atoms with van der Waals surface area (Å²) in [4.78, 5) is 7.56. The molecule has 2 atom stereocenters. The standard InChI is InChI=1S/C12H15N3OS/c16-17(9-4-3-7-13-8-9)12-14-10-5-1-2-6-11(10)15-12/h1-2,5-6,9,13H,3-4,7-8H2,(H,14,15)/t9-,17+/m1/s1. The van der Waals surface area contributed by atoms with Crippen LogP contribution in [0.5, 0.6) is 0 Å². The number of aromatic nitrogens is 2. The molecule has 0 bridgehead atoms. The van der Waals surface area contributed by atoms with E-state index in [9.17, 15) is 4.21 Å². The predicted octanol–water partition coefficient (Wildman–Crippen LogP) is 1.42. The summed E-state index contributed by atoms with van der Waals surface area (Å²) >= 11 is 0. The molecule has 5 heteroatoms. The third-order valence-electron chi connectivity index (χ3n) is 3.11. The van der Waals surface area contributed by atoms with Crippen molar-refractivity contribution in [1.82, 2.24) is 15.3 Å². The number of fused-ring (bicyclic) bond motifs is 1. The molecular weight excluding hydrogens is 234 g/mol. The summed E-state index contributed by atoms with van der Waals surface area (Å²) in [6.45, 7) is 1.86. The minimum Gasteiger partial charge on any atom is -0.331 e. The Hall–Kier alpha value is -1.20. The molecule has 1 aliphatic rings. The Morgan fingerprint density at radius 2 is 2.24 bits per heavy atom. The van der Waals surface area contributed by atoms with Crippen LogP contribution in [0.4, 0.5) is 0 Å². The van der Waals surface area contributed by atoms with E-state index in [1.165, 1.54) is 0 Å². The van der Waals surface area contributed by atoms with Gasteiger partial charge < -0.3 is 10.3 Å². The van der Waals surface area contributed by atoms with Crippen LogP contribution in [0.3, 0.4) is 0 Å². The van der Waals surface area contributed by atoms with Gasteiger partial charge in [0.2, 0.25) is 0 Å². The minimum atomic E-state index is -1.03. The molecular formula is C12H15N3OS. The van der Waals surface area contributed by atoms with Crippen molar-refractivity contribution in [1.29, 1.82) is 0 Å². The molecule has 2 aromatic rings. The van der Waals surface area contributed by atoms with Crippen LogP contribution in [-0.4, -0.2) is 32.5 Å². The molecule has 2 N–H and O–H groups in total. The fourth-order valence-corrected chi connectivity index (χ4v) is 3.55. The molecule has 1 aromatic carbocycles. The lowest BCUT2D eigenvalue weighted by Gasteiger charge is -2.20. The SMILES string of the molecule is O=[S@](c1nc2ccccc2[nH]1)[C@@H]1CCCNC1. The number of para-hydroxylation sites is 2. The number of hydrogen-bond donors (Lipinski definition) is 2. The highest BCUT2D eigenvalue weighted by molar-refractivity contribution is 7.85. The molecule has 4 nitrogen and oxygen atoms in total. The van der Waals surface area contributed by atoms with E-state index in [4.69, 9.17) is 0 Å². The lowest BCUT2D eigenvalue weighted by Crippen LogP contribution is -2.36. The third-order valence-corrected chi connectivity index (χ3v) is 4.69. The van der Waals surface area contributed by atoms with Crippen LogP contribution in [0.15, 0.2) is 29.4 Å². The molecule has 17 heavy (non-hydrogen) atoms. The van der Waals surface area contributed by atoms with Crippen molar-refractivity contribution in [2.24, 2.45) is 0 Å². The van der Waals surface area contributed by atoms with E-state index in [1.54, 1.807) is 0 Å². The van der Waals surface area contributed by atoms with Crippen molar-refractivity contribution in [3.8, 4) is 0 Å². The van der Waals surface area contributed by atoms with Crippen molar-refractivity contribution >= 4 is 21.8 Å². The monoisotopic (exact) mass is 249 g/mol. The van der Waals surface area contributed by atoms with Crippen LogP contribution in [-0.2, 0) is 10.8 Å². The molecule has 1 aliphatic heterocycles. The fraction of sp³-hybridized carbons (Fsp3) is 0.417. The number of hydrogen-bond acceptors (Lipinski definition) is 3. The Morgan fingerprint density at radius 1 is 1.35 bits per heavy atom. The highest BCUT2D eigenvalue weighted by Gasteiger charge is 2.23. The minimum absolute atomic E-state index is 0.185. The summed E-state index contributed by atoms with van der Waals surface area (Å²) in [7, 11) is -1.03. The van der Waals surface area contributed by atoms with Gasteiger partial charge >= 0.3 is 0 Å². The maximum atomic E-state index is 12.3.